The number of hydrogen-bond donors (Lipinski definition) is 1. The number of alkyl halides is 1. The smallest absolute Gasteiger partial charge is 0.123 e. The van der Waals surface area contributed by atoms with Gasteiger partial charge in [-0.3, -0.25) is 0 Å². The normalized spacial score (nSPS) is 10.8. The second-order valence-electron chi connectivity index (χ2n) is 3.90. The molecule has 0 aromatic heterocycles. The van der Waals surface area contributed by atoms with E-state index in [0.717, 1.165) is 24.1 Å². The van der Waals surface area contributed by atoms with Gasteiger partial charge < -0.3 is 10.1 Å². The van der Waals surface area contributed by atoms with Gasteiger partial charge in [-0.15, -0.1) is 11.6 Å². The maximum atomic E-state index is 13.0. The van der Waals surface area contributed by atoms with E-state index in [1.807, 2.05) is 6.92 Å². The van der Waals surface area contributed by atoms with Gasteiger partial charge in [0.15, 0.2) is 0 Å². The number of ether oxygens (including phenoxy) is 1. The molecule has 0 radical (unpaired) electrons. The summed E-state index contributed by atoms with van der Waals surface area (Å²) >= 11 is 5.48. The molecule has 96 valence electrons. The first kappa shape index (κ1) is 14.4. The highest BCUT2D eigenvalue weighted by Crippen LogP contribution is 2.09. The van der Waals surface area contributed by atoms with Crippen molar-refractivity contribution in [2.45, 2.75) is 19.9 Å². The summed E-state index contributed by atoms with van der Waals surface area (Å²) in [5.41, 5.74) is 2.11. The first-order valence-corrected chi connectivity index (χ1v) is 6.37. The van der Waals surface area contributed by atoms with E-state index in [1.165, 1.54) is 6.07 Å². The minimum absolute atomic E-state index is 0.183. The topological polar surface area (TPSA) is 21.3 Å². The van der Waals surface area contributed by atoms with Crippen molar-refractivity contribution in [1.29, 1.82) is 0 Å². The lowest BCUT2D eigenvalue weighted by atomic mass is 10.1. The lowest BCUT2D eigenvalue weighted by molar-refractivity contribution is 0.146. The summed E-state index contributed by atoms with van der Waals surface area (Å²) in [6.07, 6.45) is 0.936. The first-order valence-electron chi connectivity index (χ1n) is 5.83. The average molecular weight is 260 g/mol. The monoisotopic (exact) mass is 259 g/mol. The molecule has 2 nitrogen and oxygen atoms in total. The minimum Gasteiger partial charge on any atom is -0.380 e. The van der Waals surface area contributed by atoms with Gasteiger partial charge in [0.05, 0.1) is 6.61 Å². The number of nitrogens with one attached hydrogen (secondary N) is 1. The number of rotatable bonds is 8. The third-order valence-electron chi connectivity index (χ3n) is 2.49. The molecule has 0 saturated carbocycles. The van der Waals surface area contributed by atoms with E-state index in [9.17, 15) is 4.39 Å². The molecule has 1 aromatic rings. The van der Waals surface area contributed by atoms with Gasteiger partial charge >= 0.3 is 0 Å². The summed E-state index contributed by atoms with van der Waals surface area (Å²) in [5.74, 6) is 0.355. The van der Waals surface area contributed by atoms with Crippen LogP contribution >= 0.6 is 11.6 Å². The highest BCUT2D eigenvalue weighted by atomic mass is 35.5. The third-order valence-corrected chi connectivity index (χ3v) is 2.64. The first-order chi connectivity index (χ1) is 8.24. The van der Waals surface area contributed by atoms with Gasteiger partial charge in [0, 0.05) is 19.0 Å². The van der Waals surface area contributed by atoms with Crippen LogP contribution in [0.3, 0.4) is 0 Å². The fourth-order valence-electron chi connectivity index (χ4n) is 1.51. The maximum absolute atomic E-state index is 13.0. The Bertz CT molecular complexity index is 333. The fourth-order valence-corrected chi connectivity index (χ4v) is 1.62. The summed E-state index contributed by atoms with van der Waals surface area (Å²) in [4.78, 5) is 0. The van der Waals surface area contributed by atoms with Crippen LogP contribution in [0.5, 0.6) is 0 Å². The van der Waals surface area contributed by atoms with Crippen LogP contribution in [0.4, 0.5) is 4.39 Å². The van der Waals surface area contributed by atoms with Crippen molar-refractivity contribution < 1.29 is 9.13 Å². The molecule has 0 aliphatic carbocycles. The lowest BCUT2D eigenvalue weighted by Gasteiger charge is -2.08. The molecule has 0 bridgehead atoms. The average Bonchev–Trinajstić information content (AvgIpc) is 2.32. The van der Waals surface area contributed by atoms with Gasteiger partial charge in [-0.1, -0.05) is 6.07 Å². The molecule has 1 N–H and O–H groups in total. The van der Waals surface area contributed by atoms with E-state index in [1.54, 1.807) is 12.1 Å². The number of hydrogen-bond acceptors (Lipinski definition) is 2. The second kappa shape index (κ2) is 8.45. The summed E-state index contributed by atoms with van der Waals surface area (Å²) < 4.78 is 18.2. The van der Waals surface area contributed by atoms with Gasteiger partial charge in [0.2, 0.25) is 0 Å². The molecule has 0 amide bonds. The fraction of sp³-hybridized carbons (Fsp3) is 0.538. The van der Waals surface area contributed by atoms with Crippen LogP contribution in [0.2, 0.25) is 0 Å². The zero-order chi connectivity index (χ0) is 12.5. The van der Waals surface area contributed by atoms with Gasteiger partial charge in [0.1, 0.15) is 5.82 Å². The van der Waals surface area contributed by atoms with E-state index in [0.29, 0.717) is 25.6 Å². The van der Waals surface area contributed by atoms with Crippen LogP contribution in [0.1, 0.15) is 17.5 Å². The molecule has 4 heteroatoms. The Hall–Kier alpha value is -0.640. The van der Waals surface area contributed by atoms with E-state index in [-0.39, 0.29) is 5.82 Å². The highest BCUT2D eigenvalue weighted by Gasteiger charge is 1.99. The largest absolute Gasteiger partial charge is 0.380 e. The molecule has 0 heterocycles. The Morgan fingerprint density at radius 2 is 2.18 bits per heavy atom. The van der Waals surface area contributed by atoms with Gasteiger partial charge in [-0.05, 0) is 43.1 Å². The van der Waals surface area contributed by atoms with E-state index in [4.69, 9.17) is 16.3 Å². The third kappa shape index (κ3) is 6.01. The lowest BCUT2D eigenvalue weighted by Crippen LogP contribution is -2.17. The molecule has 0 aliphatic heterocycles. The molecule has 0 saturated heterocycles. The Morgan fingerprint density at radius 3 is 2.94 bits per heavy atom. The summed E-state index contributed by atoms with van der Waals surface area (Å²) in [6, 6.07) is 4.86. The molecule has 0 aliphatic rings. The Labute approximate surface area is 107 Å². The van der Waals surface area contributed by atoms with E-state index >= 15 is 0 Å². The van der Waals surface area contributed by atoms with Crippen molar-refractivity contribution in [3.05, 3.63) is 35.1 Å². The van der Waals surface area contributed by atoms with Crippen LogP contribution in [-0.2, 0) is 11.3 Å². The molecular formula is C13H19ClFNO. The standard InChI is InChI=1S/C13H19ClFNO/c1-11-3-4-13(15)9-12(11)10-16-6-2-7-17-8-5-14/h3-4,9,16H,2,5-8,10H2,1H3. The zero-order valence-corrected chi connectivity index (χ0v) is 10.9. The molecular weight excluding hydrogens is 241 g/mol. The SMILES string of the molecule is Cc1ccc(F)cc1CNCCCOCCCl. The van der Waals surface area contributed by atoms with Crippen molar-refractivity contribution in [2.75, 3.05) is 25.6 Å². The van der Waals surface area contributed by atoms with Crippen LogP contribution < -0.4 is 5.32 Å². The molecule has 0 fully saturated rings. The maximum Gasteiger partial charge on any atom is 0.123 e. The van der Waals surface area contributed by atoms with Crippen LogP contribution in [0.15, 0.2) is 18.2 Å². The molecule has 17 heavy (non-hydrogen) atoms. The highest BCUT2D eigenvalue weighted by molar-refractivity contribution is 6.17. The van der Waals surface area contributed by atoms with Crippen molar-refractivity contribution in [1.82, 2.24) is 5.32 Å². The second-order valence-corrected chi connectivity index (χ2v) is 4.28. The van der Waals surface area contributed by atoms with Crippen LogP contribution in [-0.4, -0.2) is 25.6 Å². The van der Waals surface area contributed by atoms with Crippen molar-refractivity contribution >= 4 is 11.6 Å². The molecule has 1 aromatic carbocycles. The molecule has 0 atom stereocenters. The summed E-state index contributed by atoms with van der Waals surface area (Å²) in [6.45, 7) is 4.85. The minimum atomic E-state index is -0.183. The molecule has 0 unspecified atom stereocenters. The van der Waals surface area contributed by atoms with Crippen molar-refractivity contribution in [2.24, 2.45) is 0 Å². The van der Waals surface area contributed by atoms with Gasteiger partial charge in [0.25, 0.3) is 0 Å². The van der Waals surface area contributed by atoms with Crippen LogP contribution in [0.25, 0.3) is 0 Å². The van der Waals surface area contributed by atoms with E-state index < -0.39 is 0 Å². The Kier molecular flexibility index (Phi) is 7.17. The number of benzene rings is 1. The van der Waals surface area contributed by atoms with Crippen molar-refractivity contribution in [3.63, 3.8) is 0 Å². The molecule has 1 rings (SSSR count). The summed E-state index contributed by atoms with van der Waals surface area (Å²) in [7, 11) is 0. The Balaban J connectivity index is 2.15. The predicted octanol–water partition coefficient (Wildman–Crippen LogP) is 2.87. The quantitative estimate of drug-likeness (QED) is 0.573. The Morgan fingerprint density at radius 1 is 1.35 bits per heavy atom. The van der Waals surface area contributed by atoms with Crippen LogP contribution in [0, 0.1) is 12.7 Å². The van der Waals surface area contributed by atoms with Gasteiger partial charge in [-0.2, -0.15) is 0 Å². The number of aryl methyl sites for hydroxylation is 1. The molecule has 0 spiro atoms. The zero-order valence-electron chi connectivity index (χ0n) is 10.1. The van der Waals surface area contributed by atoms with Crippen molar-refractivity contribution in [3.8, 4) is 0 Å². The van der Waals surface area contributed by atoms with Gasteiger partial charge in [-0.25, -0.2) is 4.39 Å². The predicted molar refractivity (Wildman–Crippen MR) is 69.0 cm³/mol. The van der Waals surface area contributed by atoms with E-state index in [2.05, 4.69) is 5.32 Å². The summed E-state index contributed by atoms with van der Waals surface area (Å²) in [5, 5.41) is 3.27. The number of halogens is 2.